The minimum atomic E-state index is -2.86. The monoisotopic (exact) mass is 566 g/mol. The molecule has 1 aliphatic heterocycles. The molecule has 0 bridgehead atoms. The summed E-state index contributed by atoms with van der Waals surface area (Å²) < 4.78 is 49.6. The molecule has 1 aliphatic carbocycles. The lowest BCUT2D eigenvalue weighted by atomic mass is 9.60. The number of alkyl halides is 2. The van der Waals surface area contributed by atoms with Gasteiger partial charge in [-0.2, -0.15) is 14.0 Å². The number of benzene rings is 1. The molecule has 2 aliphatic rings. The number of pyridine rings is 1. The average Bonchev–Trinajstić information content (AvgIpc) is 3.54. The van der Waals surface area contributed by atoms with Gasteiger partial charge in [-0.15, -0.1) is 5.10 Å². The Morgan fingerprint density at radius 1 is 1.22 bits per heavy atom. The quantitative estimate of drug-likeness (QED) is 0.320. The Morgan fingerprint density at radius 3 is 2.63 bits per heavy atom. The first-order valence-electron chi connectivity index (χ1n) is 13.4. The van der Waals surface area contributed by atoms with Crippen LogP contribution < -0.4 is 4.74 Å². The summed E-state index contributed by atoms with van der Waals surface area (Å²) in [6.45, 7) is 1.74. The van der Waals surface area contributed by atoms with Crippen molar-refractivity contribution in [3.05, 3.63) is 54.0 Å². The molecule has 4 aromatic rings. The van der Waals surface area contributed by atoms with Crippen molar-refractivity contribution in [2.24, 2.45) is 5.41 Å². The Bertz CT molecular complexity index is 1610. The maximum Gasteiger partial charge on any atom is 0.320 e. The van der Waals surface area contributed by atoms with Crippen LogP contribution in [0.2, 0.25) is 0 Å². The minimum Gasteiger partial charge on any atom is -0.488 e. The van der Waals surface area contributed by atoms with E-state index in [1.807, 2.05) is 11.6 Å². The van der Waals surface area contributed by atoms with Crippen LogP contribution in [0.15, 0.2) is 36.8 Å². The summed E-state index contributed by atoms with van der Waals surface area (Å²) in [4.78, 5) is 9.91. The van der Waals surface area contributed by atoms with Crippen LogP contribution in [-0.4, -0.2) is 59.2 Å². The van der Waals surface area contributed by atoms with Crippen molar-refractivity contribution >= 4 is 11.0 Å². The molecule has 1 saturated heterocycles. The first-order valence-corrected chi connectivity index (χ1v) is 13.4. The van der Waals surface area contributed by atoms with Crippen molar-refractivity contribution in [1.82, 2.24) is 34.4 Å². The molecule has 1 spiro atoms. The number of nitrogens with zero attached hydrogens (tertiary/aromatic N) is 8. The molecule has 3 aromatic heterocycles. The van der Waals surface area contributed by atoms with Gasteiger partial charge in [0.15, 0.2) is 6.19 Å². The van der Waals surface area contributed by atoms with Gasteiger partial charge >= 0.3 is 6.55 Å². The van der Waals surface area contributed by atoms with Crippen molar-refractivity contribution in [2.45, 2.75) is 57.7 Å². The third kappa shape index (κ3) is 4.86. The first-order chi connectivity index (χ1) is 19.6. The lowest BCUT2D eigenvalue weighted by Crippen LogP contribution is -2.46. The molecule has 1 N–H and O–H groups in total. The molecule has 0 radical (unpaired) electrons. The van der Waals surface area contributed by atoms with E-state index in [2.05, 4.69) is 26.5 Å². The molecule has 13 heteroatoms. The van der Waals surface area contributed by atoms with E-state index in [1.165, 1.54) is 19.1 Å². The zero-order chi connectivity index (χ0) is 28.9. The molecule has 6 rings (SSSR count). The van der Waals surface area contributed by atoms with Gasteiger partial charge in [-0.25, -0.2) is 14.1 Å². The molecule has 214 valence electrons. The Kier molecular flexibility index (Phi) is 6.60. The fourth-order valence-corrected chi connectivity index (χ4v) is 6.07. The predicted molar refractivity (Wildman–Crippen MR) is 141 cm³/mol. The number of rotatable bonds is 7. The number of aliphatic hydroxyl groups is 1. The van der Waals surface area contributed by atoms with E-state index in [4.69, 9.17) is 10.00 Å². The van der Waals surface area contributed by atoms with Crippen LogP contribution in [0.25, 0.3) is 22.3 Å². The van der Waals surface area contributed by atoms with E-state index >= 15 is 0 Å². The van der Waals surface area contributed by atoms with Crippen molar-refractivity contribution < 1.29 is 23.0 Å². The van der Waals surface area contributed by atoms with Gasteiger partial charge in [0.1, 0.15) is 41.3 Å². The maximum atomic E-state index is 13.8. The number of halogens is 3. The highest BCUT2D eigenvalue weighted by atomic mass is 19.3. The van der Waals surface area contributed by atoms with Gasteiger partial charge in [0.2, 0.25) is 0 Å². The summed E-state index contributed by atoms with van der Waals surface area (Å²) in [5, 5.41) is 29.0. The molecule has 2 fully saturated rings. The Morgan fingerprint density at radius 2 is 1.98 bits per heavy atom. The molecule has 41 heavy (non-hydrogen) atoms. The SMILES string of the molecule is Cc1c(-c2cc(OCC(C)(O)c3ccc(F)cn3)c3c(c2)ncn3C(F)F)nnn1C1CC2(CCN(C#N)CC2)C1. The van der Waals surface area contributed by atoms with Gasteiger partial charge in [0, 0.05) is 18.7 Å². The summed E-state index contributed by atoms with van der Waals surface area (Å²) in [6.07, 6.45) is 8.16. The normalized spacial score (nSPS) is 18.4. The zero-order valence-electron chi connectivity index (χ0n) is 22.6. The molecule has 1 unspecified atom stereocenters. The number of piperidine rings is 1. The lowest BCUT2D eigenvalue weighted by Gasteiger charge is -2.51. The third-order valence-corrected chi connectivity index (χ3v) is 8.48. The van der Waals surface area contributed by atoms with E-state index < -0.39 is 18.0 Å². The summed E-state index contributed by atoms with van der Waals surface area (Å²) in [5.41, 5.74) is 1.12. The van der Waals surface area contributed by atoms with E-state index in [0.29, 0.717) is 15.8 Å². The number of nitriles is 1. The first kappa shape index (κ1) is 27.0. The van der Waals surface area contributed by atoms with Gasteiger partial charge < -0.3 is 14.7 Å². The number of ether oxygens (including phenoxy) is 1. The highest BCUT2D eigenvalue weighted by Gasteiger charge is 2.47. The molecule has 1 atom stereocenters. The maximum absolute atomic E-state index is 13.8. The Balaban J connectivity index is 1.28. The van der Waals surface area contributed by atoms with Crippen LogP contribution >= 0.6 is 0 Å². The van der Waals surface area contributed by atoms with Gasteiger partial charge in [0.05, 0.1) is 29.1 Å². The highest BCUT2D eigenvalue weighted by Crippen LogP contribution is 2.55. The molecule has 0 amide bonds. The second kappa shape index (κ2) is 10.0. The fraction of sp³-hybridized carbons (Fsp3) is 0.464. The minimum absolute atomic E-state index is 0.0707. The fourth-order valence-electron chi connectivity index (χ4n) is 6.07. The molecule has 1 aromatic carbocycles. The number of hydrogen-bond acceptors (Lipinski definition) is 8. The summed E-state index contributed by atoms with van der Waals surface area (Å²) in [7, 11) is 0. The van der Waals surface area contributed by atoms with E-state index in [9.17, 15) is 18.3 Å². The molecular formula is C28H29F3N8O2. The van der Waals surface area contributed by atoms with Crippen LogP contribution in [0.1, 0.15) is 56.6 Å². The largest absolute Gasteiger partial charge is 0.488 e. The van der Waals surface area contributed by atoms with Crippen LogP contribution in [0, 0.1) is 29.6 Å². The molecule has 10 nitrogen and oxygen atoms in total. The second-order valence-corrected chi connectivity index (χ2v) is 11.3. The Hall–Kier alpha value is -4.18. The Labute approximate surface area is 234 Å². The van der Waals surface area contributed by atoms with E-state index in [-0.39, 0.29) is 40.5 Å². The predicted octanol–water partition coefficient (Wildman–Crippen LogP) is 4.72. The average molecular weight is 567 g/mol. The topological polar surface area (TPSA) is 118 Å². The van der Waals surface area contributed by atoms with Gasteiger partial charge in [-0.3, -0.25) is 9.55 Å². The van der Waals surface area contributed by atoms with Crippen molar-refractivity contribution in [3.63, 3.8) is 0 Å². The molecule has 1 saturated carbocycles. The summed E-state index contributed by atoms with van der Waals surface area (Å²) in [6, 6.07) is 5.97. The number of aromatic nitrogens is 6. The molecular weight excluding hydrogens is 537 g/mol. The number of fused-ring (bicyclic) bond motifs is 1. The van der Waals surface area contributed by atoms with Crippen molar-refractivity contribution in [2.75, 3.05) is 19.7 Å². The van der Waals surface area contributed by atoms with E-state index in [0.717, 1.165) is 57.0 Å². The van der Waals surface area contributed by atoms with Gasteiger partial charge in [0.25, 0.3) is 0 Å². The van der Waals surface area contributed by atoms with Crippen molar-refractivity contribution in [3.8, 4) is 23.2 Å². The molecule has 4 heterocycles. The zero-order valence-corrected chi connectivity index (χ0v) is 22.6. The van der Waals surface area contributed by atoms with E-state index in [1.54, 1.807) is 17.0 Å². The number of likely N-dealkylation sites (tertiary alicyclic amines) is 1. The third-order valence-electron chi connectivity index (χ3n) is 8.48. The van der Waals surface area contributed by atoms with Crippen LogP contribution in [0.3, 0.4) is 0 Å². The highest BCUT2D eigenvalue weighted by molar-refractivity contribution is 5.87. The van der Waals surface area contributed by atoms with Gasteiger partial charge in [-0.1, -0.05) is 5.21 Å². The van der Waals surface area contributed by atoms with Crippen LogP contribution in [0.4, 0.5) is 13.2 Å². The smallest absolute Gasteiger partial charge is 0.320 e. The van der Waals surface area contributed by atoms with Crippen LogP contribution in [-0.2, 0) is 5.60 Å². The van der Waals surface area contributed by atoms with Crippen molar-refractivity contribution in [1.29, 1.82) is 5.26 Å². The number of hydrogen-bond donors (Lipinski definition) is 1. The number of imidazole rings is 1. The lowest BCUT2D eigenvalue weighted by molar-refractivity contribution is -0.000155. The summed E-state index contributed by atoms with van der Waals surface area (Å²) in [5.74, 6) is -0.468. The van der Waals surface area contributed by atoms with Crippen LogP contribution in [0.5, 0.6) is 5.75 Å². The van der Waals surface area contributed by atoms with Gasteiger partial charge in [-0.05, 0) is 69.2 Å². The summed E-state index contributed by atoms with van der Waals surface area (Å²) >= 11 is 0. The standard InChI is InChI=1S/C28H29F3N8O2/c1-17-24(35-36-39(17)20-11-28(12-20)5-7-37(15-32)8-6-28)18-9-21-25(38(16-34-21)26(30)31)22(10-18)41-14-27(2,40)23-4-3-19(29)13-33-23/h3-4,9-10,13,16,20,26,40H,5-8,11-12,14H2,1-2H3. The second-order valence-electron chi connectivity index (χ2n) is 11.3.